The van der Waals surface area contributed by atoms with Gasteiger partial charge in [-0.05, 0) is 43.2 Å². The summed E-state index contributed by atoms with van der Waals surface area (Å²) in [6.45, 7) is 0. The highest BCUT2D eigenvalue weighted by molar-refractivity contribution is 6.36. The molecule has 2 aromatic carbocycles. The molecule has 4 nitrogen and oxygen atoms in total. The van der Waals surface area contributed by atoms with Crippen LogP contribution in [-0.2, 0) is 0 Å². The highest BCUT2D eigenvalue weighted by Gasteiger charge is 2.37. The first-order valence-electron chi connectivity index (χ1n) is 10.1. The Morgan fingerprint density at radius 2 is 1.69 bits per heavy atom. The number of amides is 1. The molecule has 1 heterocycles. The van der Waals surface area contributed by atoms with Crippen molar-refractivity contribution >= 4 is 40.7 Å². The van der Waals surface area contributed by atoms with Gasteiger partial charge in [-0.1, -0.05) is 46.9 Å². The van der Waals surface area contributed by atoms with Crippen molar-refractivity contribution in [3.8, 4) is 22.5 Å². The number of aromatic nitrogens is 2. The zero-order valence-corrected chi connectivity index (χ0v) is 19.4. The Morgan fingerprint density at radius 3 is 2.31 bits per heavy atom. The third-order valence-corrected chi connectivity index (χ3v) is 6.58. The molecule has 1 amide bonds. The molecule has 4 rings (SSSR count). The van der Waals surface area contributed by atoms with Crippen LogP contribution in [0.5, 0.6) is 0 Å². The largest absolute Gasteiger partial charge is 0.336 e. The second-order valence-electron chi connectivity index (χ2n) is 7.94. The molecular formula is C23H20Cl3F2N3O. The van der Waals surface area contributed by atoms with Crippen LogP contribution in [0.2, 0.25) is 15.1 Å². The first kappa shape index (κ1) is 23.0. The van der Waals surface area contributed by atoms with Gasteiger partial charge in [-0.3, -0.25) is 4.79 Å². The molecular weight excluding hydrogens is 479 g/mol. The third-order valence-electron chi connectivity index (χ3n) is 5.78. The van der Waals surface area contributed by atoms with Gasteiger partial charge in [0.25, 0.3) is 5.91 Å². The number of alkyl halides is 2. The van der Waals surface area contributed by atoms with Crippen molar-refractivity contribution in [3.05, 3.63) is 63.4 Å². The van der Waals surface area contributed by atoms with Crippen molar-refractivity contribution in [2.45, 2.75) is 37.6 Å². The van der Waals surface area contributed by atoms with E-state index in [9.17, 15) is 13.6 Å². The number of hydrogen-bond acceptors (Lipinski definition) is 2. The second kappa shape index (κ2) is 9.00. The van der Waals surface area contributed by atoms with Crippen LogP contribution >= 0.6 is 34.8 Å². The van der Waals surface area contributed by atoms with Crippen LogP contribution in [0.15, 0.2) is 42.5 Å². The van der Waals surface area contributed by atoms with E-state index >= 15 is 0 Å². The minimum absolute atomic E-state index is 0.107. The van der Waals surface area contributed by atoms with Crippen LogP contribution in [0.4, 0.5) is 8.78 Å². The molecule has 168 valence electrons. The number of H-pyrrole nitrogens is 1. The molecule has 1 aliphatic carbocycles. The van der Waals surface area contributed by atoms with Gasteiger partial charge in [-0.2, -0.15) is 0 Å². The summed E-state index contributed by atoms with van der Waals surface area (Å²) < 4.78 is 27.1. The summed E-state index contributed by atoms with van der Waals surface area (Å²) in [5.41, 5.74) is 2.46. The summed E-state index contributed by atoms with van der Waals surface area (Å²) in [6.07, 6.45) is 0.0376. The lowest BCUT2D eigenvalue weighted by atomic mass is 9.91. The second-order valence-corrected chi connectivity index (χ2v) is 9.22. The molecule has 1 aromatic heterocycles. The maximum absolute atomic E-state index is 13.5. The van der Waals surface area contributed by atoms with E-state index in [-0.39, 0.29) is 43.5 Å². The van der Waals surface area contributed by atoms with Gasteiger partial charge in [-0.15, -0.1) is 0 Å². The van der Waals surface area contributed by atoms with Crippen molar-refractivity contribution in [1.29, 1.82) is 0 Å². The monoisotopic (exact) mass is 497 g/mol. The summed E-state index contributed by atoms with van der Waals surface area (Å²) in [7, 11) is 1.62. The molecule has 9 heteroatoms. The van der Waals surface area contributed by atoms with Crippen LogP contribution in [0.3, 0.4) is 0 Å². The van der Waals surface area contributed by atoms with E-state index in [1.54, 1.807) is 37.4 Å². The molecule has 1 saturated carbocycles. The van der Waals surface area contributed by atoms with E-state index in [1.165, 1.54) is 4.90 Å². The third kappa shape index (κ3) is 4.77. The number of nitrogens with zero attached hydrogens (tertiary/aromatic N) is 2. The molecule has 3 aromatic rings. The lowest BCUT2D eigenvalue weighted by molar-refractivity contribution is -0.0491. The molecule has 0 saturated heterocycles. The van der Waals surface area contributed by atoms with E-state index in [1.807, 2.05) is 12.1 Å². The lowest BCUT2D eigenvalue weighted by Gasteiger charge is -2.34. The van der Waals surface area contributed by atoms with Gasteiger partial charge in [-0.25, -0.2) is 13.8 Å². The topological polar surface area (TPSA) is 49.0 Å². The Kier molecular flexibility index (Phi) is 6.48. The smallest absolute Gasteiger partial charge is 0.289 e. The van der Waals surface area contributed by atoms with E-state index in [4.69, 9.17) is 34.8 Å². The molecule has 0 aliphatic heterocycles. The molecule has 0 unspecified atom stereocenters. The van der Waals surface area contributed by atoms with Crippen LogP contribution in [0.25, 0.3) is 22.5 Å². The van der Waals surface area contributed by atoms with Crippen LogP contribution < -0.4 is 0 Å². The van der Waals surface area contributed by atoms with Crippen molar-refractivity contribution < 1.29 is 13.6 Å². The Hall–Kier alpha value is -2.15. The number of carbonyl (C=O) groups excluding carboxylic acids is 1. The highest BCUT2D eigenvalue weighted by atomic mass is 35.5. The fourth-order valence-corrected chi connectivity index (χ4v) is 4.55. The standard InChI is InChI=1S/C23H20Cl3F2N3O/c1-31(16-8-10-23(27,28)11-9-16)22(32)21-29-19(13-2-4-14(24)5-3-13)20(30-21)17-7-6-15(25)12-18(17)26/h2-7,12,16H,8-11H2,1H3,(H,29,30). The van der Waals surface area contributed by atoms with E-state index in [0.29, 0.717) is 32.0 Å². The molecule has 32 heavy (non-hydrogen) atoms. The maximum atomic E-state index is 13.5. The lowest BCUT2D eigenvalue weighted by Crippen LogP contribution is -2.42. The van der Waals surface area contributed by atoms with Gasteiger partial charge in [0, 0.05) is 47.1 Å². The summed E-state index contributed by atoms with van der Waals surface area (Å²) in [6, 6.07) is 11.9. The van der Waals surface area contributed by atoms with Gasteiger partial charge in [0.1, 0.15) is 0 Å². The summed E-state index contributed by atoms with van der Waals surface area (Å²) >= 11 is 18.5. The average Bonchev–Trinajstić information content (AvgIpc) is 3.18. The first-order chi connectivity index (χ1) is 15.1. The van der Waals surface area contributed by atoms with Gasteiger partial charge in [0.2, 0.25) is 5.92 Å². The fraction of sp³-hybridized carbons (Fsp3) is 0.304. The Balaban J connectivity index is 1.72. The number of benzene rings is 2. The van der Waals surface area contributed by atoms with Gasteiger partial charge < -0.3 is 9.88 Å². The van der Waals surface area contributed by atoms with Crippen molar-refractivity contribution in [1.82, 2.24) is 14.9 Å². The molecule has 0 bridgehead atoms. The maximum Gasteiger partial charge on any atom is 0.289 e. The summed E-state index contributed by atoms with van der Waals surface area (Å²) in [5.74, 6) is -2.92. The average molecular weight is 499 g/mol. The molecule has 1 N–H and O–H groups in total. The molecule has 1 aliphatic rings. The minimum Gasteiger partial charge on any atom is -0.336 e. The quantitative estimate of drug-likeness (QED) is 0.409. The van der Waals surface area contributed by atoms with Gasteiger partial charge >= 0.3 is 0 Å². The number of nitrogens with one attached hydrogen (secondary N) is 1. The number of carbonyl (C=O) groups is 1. The predicted octanol–water partition coefficient (Wildman–Crippen LogP) is 7.35. The summed E-state index contributed by atoms with van der Waals surface area (Å²) in [5, 5.41) is 1.44. The minimum atomic E-state index is -2.66. The summed E-state index contributed by atoms with van der Waals surface area (Å²) in [4.78, 5) is 22.4. The molecule has 0 radical (unpaired) electrons. The first-order valence-corrected chi connectivity index (χ1v) is 11.2. The van der Waals surface area contributed by atoms with E-state index < -0.39 is 5.92 Å². The number of hydrogen-bond donors (Lipinski definition) is 1. The van der Waals surface area contributed by atoms with Crippen LogP contribution in [0.1, 0.15) is 36.3 Å². The Bertz CT molecular complexity index is 1140. The van der Waals surface area contributed by atoms with Crippen molar-refractivity contribution in [2.24, 2.45) is 0 Å². The number of halogens is 5. The highest BCUT2D eigenvalue weighted by Crippen LogP contribution is 2.37. The van der Waals surface area contributed by atoms with Crippen molar-refractivity contribution in [2.75, 3.05) is 7.05 Å². The van der Waals surface area contributed by atoms with Crippen LogP contribution in [-0.4, -0.2) is 39.8 Å². The molecule has 1 fully saturated rings. The normalized spacial score (nSPS) is 16.2. The predicted molar refractivity (Wildman–Crippen MR) is 124 cm³/mol. The number of imidazole rings is 1. The van der Waals surface area contributed by atoms with E-state index in [2.05, 4.69) is 9.97 Å². The Morgan fingerprint density at radius 1 is 1.06 bits per heavy atom. The fourth-order valence-electron chi connectivity index (χ4n) is 3.92. The molecule has 0 spiro atoms. The van der Waals surface area contributed by atoms with Crippen molar-refractivity contribution in [3.63, 3.8) is 0 Å². The van der Waals surface area contributed by atoms with E-state index in [0.717, 1.165) is 5.56 Å². The van der Waals surface area contributed by atoms with Gasteiger partial charge in [0.15, 0.2) is 5.82 Å². The zero-order valence-electron chi connectivity index (χ0n) is 17.1. The molecule has 0 atom stereocenters. The Labute approximate surface area is 199 Å². The number of rotatable bonds is 4. The zero-order chi connectivity index (χ0) is 23.0. The number of aromatic amines is 1. The van der Waals surface area contributed by atoms with Gasteiger partial charge in [0.05, 0.1) is 16.4 Å². The SMILES string of the molecule is CN(C(=O)c1nc(-c2ccc(Cl)cc2Cl)c(-c2ccc(Cl)cc2)[nH]1)C1CCC(F)(F)CC1. The van der Waals surface area contributed by atoms with Crippen LogP contribution in [0, 0.1) is 0 Å².